The second kappa shape index (κ2) is 15.7. The van der Waals surface area contributed by atoms with Gasteiger partial charge in [0.2, 0.25) is 11.8 Å². The molecule has 1 saturated heterocycles. The number of ether oxygens (including phenoxy) is 2. The van der Waals surface area contributed by atoms with E-state index in [1.54, 1.807) is 39.0 Å². The number of nitrogens with one attached hydrogen (secondary N) is 3. The fourth-order valence-corrected chi connectivity index (χ4v) is 7.35. The minimum atomic E-state index is -1.35. The number of aryl methyl sites for hydroxylation is 2. The van der Waals surface area contributed by atoms with Gasteiger partial charge in [0.15, 0.2) is 5.75 Å². The summed E-state index contributed by atoms with van der Waals surface area (Å²) in [6.07, 6.45) is 5.01. The molecule has 0 bridgehead atoms. The van der Waals surface area contributed by atoms with E-state index in [1.807, 2.05) is 38.1 Å². The van der Waals surface area contributed by atoms with Gasteiger partial charge >= 0.3 is 12.2 Å². The fraction of sp³-hybridized carbons (Fsp3) is 0.525. The SMILES string of the molecule is Cc1ccc(C)c(ONC(=O)[C@@]23C[C@H]2/C=C\CCCCC[C@H](NC(=O)OC(C)(C)C)C(=O)N2C[C@H](OC(=O)N4Cc5cccc(F)c5C4)C[C@H]2C(=O)N3)c1. The van der Waals surface area contributed by atoms with Gasteiger partial charge in [0.05, 0.1) is 13.1 Å². The summed E-state index contributed by atoms with van der Waals surface area (Å²) in [6, 6.07) is 8.11. The summed E-state index contributed by atoms with van der Waals surface area (Å²) in [4.78, 5) is 77.3. The van der Waals surface area contributed by atoms with Crippen molar-refractivity contribution in [2.24, 2.45) is 5.92 Å². The van der Waals surface area contributed by atoms with Gasteiger partial charge in [0.1, 0.15) is 35.1 Å². The molecule has 4 aliphatic rings. The number of rotatable bonds is 5. The van der Waals surface area contributed by atoms with Crippen molar-refractivity contribution in [1.82, 2.24) is 25.9 Å². The highest BCUT2D eigenvalue weighted by Gasteiger charge is 2.61. The molecular formula is C40H50FN5O8. The molecule has 1 saturated carbocycles. The molecule has 5 atom stereocenters. The Morgan fingerprint density at radius 2 is 1.83 bits per heavy atom. The number of hydrogen-bond acceptors (Lipinski definition) is 8. The number of allylic oxidation sites excluding steroid dienone is 1. The Hall–Kier alpha value is -5.14. The Morgan fingerprint density at radius 3 is 2.59 bits per heavy atom. The predicted octanol–water partition coefficient (Wildman–Crippen LogP) is 5.26. The number of benzene rings is 2. The smallest absolute Gasteiger partial charge is 0.410 e. The topological polar surface area (TPSA) is 156 Å². The highest BCUT2D eigenvalue weighted by molar-refractivity contribution is 5.98. The van der Waals surface area contributed by atoms with E-state index < -0.39 is 65.1 Å². The molecule has 54 heavy (non-hydrogen) atoms. The minimum Gasteiger partial charge on any atom is -0.444 e. The molecule has 2 aromatic rings. The molecule has 0 aromatic heterocycles. The number of alkyl carbamates (subject to hydrolysis) is 1. The molecule has 0 radical (unpaired) electrons. The van der Waals surface area contributed by atoms with Crippen LogP contribution in [0.5, 0.6) is 5.75 Å². The van der Waals surface area contributed by atoms with E-state index in [2.05, 4.69) is 16.1 Å². The number of carbonyl (C=O) groups is 5. The number of nitrogens with zero attached hydrogens (tertiary/aromatic N) is 2. The van der Waals surface area contributed by atoms with Crippen molar-refractivity contribution in [3.63, 3.8) is 0 Å². The van der Waals surface area contributed by atoms with Crippen LogP contribution in [0.25, 0.3) is 0 Å². The number of amides is 5. The molecule has 3 heterocycles. The normalized spacial score (nSPS) is 26.2. The van der Waals surface area contributed by atoms with Gasteiger partial charge in [0, 0.05) is 24.4 Å². The number of fused-ring (bicyclic) bond motifs is 3. The van der Waals surface area contributed by atoms with Crippen LogP contribution in [-0.4, -0.2) is 75.6 Å². The lowest BCUT2D eigenvalue weighted by Crippen LogP contribution is -2.58. The molecule has 0 spiro atoms. The van der Waals surface area contributed by atoms with Crippen molar-refractivity contribution in [2.75, 3.05) is 6.54 Å². The van der Waals surface area contributed by atoms with E-state index in [-0.39, 0.29) is 32.0 Å². The largest absolute Gasteiger partial charge is 0.444 e. The average molecular weight is 748 g/mol. The molecule has 13 nitrogen and oxygen atoms in total. The zero-order valence-electron chi connectivity index (χ0n) is 31.5. The van der Waals surface area contributed by atoms with E-state index in [4.69, 9.17) is 14.3 Å². The summed E-state index contributed by atoms with van der Waals surface area (Å²) < 4.78 is 25.8. The monoisotopic (exact) mass is 747 g/mol. The van der Waals surface area contributed by atoms with Crippen LogP contribution in [0.2, 0.25) is 0 Å². The van der Waals surface area contributed by atoms with Gasteiger partial charge in [-0.15, -0.1) is 0 Å². The summed E-state index contributed by atoms with van der Waals surface area (Å²) in [5.74, 6) is -1.95. The molecule has 0 unspecified atom stereocenters. The maximum absolute atomic E-state index is 14.5. The maximum Gasteiger partial charge on any atom is 0.410 e. The number of hydroxylamine groups is 1. The van der Waals surface area contributed by atoms with Crippen molar-refractivity contribution in [1.29, 1.82) is 0 Å². The first-order valence-corrected chi connectivity index (χ1v) is 18.7. The molecule has 14 heteroatoms. The van der Waals surface area contributed by atoms with Crippen LogP contribution < -0.4 is 21.0 Å². The molecule has 3 N–H and O–H groups in total. The van der Waals surface area contributed by atoms with E-state index in [1.165, 1.54) is 15.9 Å². The van der Waals surface area contributed by atoms with Crippen molar-refractivity contribution < 1.29 is 42.7 Å². The Labute approximate surface area is 314 Å². The Morgan fingerprint density at radius 1 is 1.04 bits per heavy atom. The maximum atomic E-state index is 14.5. The van der Waals surface area contributed by atoms with Gasteiger partial charge < -0.3 is 29.8 Å². The predicted molar refractivity (Wildman–Crippen MR) is 195 cm³/mol. The van der Waals surface area contributed by atoms with Crippen LogP contribution >= 0.6 is 0 Å². The first kappa shape index (κ1) is 38.6. The standard InChI is InChI=1S/C40H50FN5O8/c1-24-16-17-25(2)33(18-24)54-44-36(49)40-20-27(40)13-9-7-6-8-10-15-31(42-37(50)53-39(3,4)5)35(48)46-22-28(19-32(46)34(47)43-40)52-38(51)45-21-26-12-11-14-30(41)29(26)23-45/h9,11-14,16-18,27-28,31-32H,6-8,10,15,19-23H2,1-5H3,(H,42,50)(H,43,47)(H,44,49)/b13-9-/t27-,28-,31+,32+,40-/m1/s1. The third kappa shape index (κ3) is 8.79. The highest BCUT2D eigenvalue weighted by atomic mass is 19.1. The van der Waals surface area contributed by atoms with Gasteiger partial charge in [0.25, 0.3) is 5.91 Å². The summed E-state index contributed by atoms with van der Waals surface area (Å²) in [6.45, 7) is 8.96. The van der Waals surface area contributed by atoms with Crippen LogP contribution in [0.1, 0.15) is 88.0 Å². The summed E-state index contributed by atoms with van der Waals surface area (Å²) in [5.41, 5.74) is 3.23. The molecule has 5 amide bonds. The second-order valence-electron chi connectivity index (χ2n) is 15.8. The molecule has 3 aliphatic heterocycles. The first-order valence-electron chi connectivity index (χ1n) is 18.7. The molecular weight excluding hydrogens is 697 g/mol. The lowest BCUT2D eigenvalue weighted by Gasteiger charge is -2.30. The van der Waals surface area contributed by atoms with Gasteiger partial charge in [-0.05, 0) is 89.1 Å². The molecule has 290 valence electrons. The first-order chi connectivity index (χ1) is 25.6. The van der Waals surface area contributed by atoms with E-state index in [9.17, 15) is 28.4 Å². The molecule has 6 rings (SSSR count). The fourth-order valence-electron chi connectivity index (χ4n) is 7.35. The van der Waals surface area contributed by atoms with Crippen molar-refractivity contribution >= 4 is 29.9 Å². The van der Waals surface area contributed by atoms with E-state index in [0.29, 0.717) is 36.1 Å². The molecule has 1 aliphatic carbocycles. The molecule has 2 fully saturated rings. The quantitative estimate of drug-likeness (QED) is 0.277. The van der Waals surface area contributed by atoms with Crippen LogP contribution in [-0.2, 0) is 36.9 Å². The number of carbonyl (C=O) groups excluding carboxylic acids is 5. The number of hydrogen-bond donors (Lipinski definition) is 3. The molecule has 2 aromatic carbocycles. The lowest BCUT2D eigenvalue weighted by atomic mass is 10.0. The van der Waals surface area contributed by atoms with Crippen LogP contribution in [0.3, 0.4) is 0 Å². The van der Waals surface area contributed by atoms with Gasteiger partial charge in [-0.2, -0.15) is 5.48 Å². The van der Waals surface area contributed by atoms with Crippen molar-refractivity contribution in [3.05, 3.63) is 76.6 Å². The average Bonchev–Trinajstić information content (AvgIpc) is 3.40. The lowest BCUT2D eigenvalue weighted by molar-refractivity contribution is -0.142. The van der Waals surface area contributed by atoms with Crippen LogP contribution in [0, 0.1) is 25.6 Å². The Kier molecular flexibility index (Phi) is 11.2. The van der Waals surface area contributed by atoms with Gasteiger partial charge in [-0.1, -0.05) is 49.3 Å². The summed E-state index contributed by atoms with van der Waals surface area (Å²) >= 11 is 0. The third-order valence-electron chi connectivity index (χ3n) is 10.4. The zero-order chi connectivity index (χ0) is 38.8. The third-order valence-corrected chi connectivity index (χ3v) is 10.4. The Balaban J connectivity index is 1.24. The van der Waals surface area contributed by atoms with E-state index >= 15 is 0 Å². The van der Waals surface area contributed by atoms with Crippen molar-refractivity contribution in [2.45, 2.75) is 122 Å². The van der Waals surface area contributed by atoms with Gasteiger partial charge in [-0.3, -0.25) is 19.3 Å². The highest BCUT2D eigenvalue weighted by Crippen LogP contribution is 2.45. The Bertz CT molecular complexity index is 1830. The van der Waals surface area contributed by atoms with Gasteiger partial charge in [-0.25, -0.2) is 14.0 Å². The zero-order valence-corrected chi connectivity index (χ0v) is 31.5. The summed E-state index contributed by atoms with van der Waals surface area (Å²) in [5, 5.41) is 5.66. The minimum absolute atomic E-state index is 0.0265. The van der Waals surface area contributed by atoms with Crippen LogP contribution in [0.4, 0.5) is 14.0 Å². The number of halogens is 1. The van der Waals surface area contributed by atoms with Crippen LogP contribution in [0.15, 0.2) is 48.6 Å². The van der Waals surface area contributed by atoms with Crippen molar-refractivity contribution in [3.8, 4) is 5.75 Å². The second-order valence-corrected chi connectivity index (χ2v) is 15.8. The van der Waals surface area contributed by atoms with E-state index in [0.717, 1.165) is 30.4 Å². The summed E-state index contributed by atoms with van der Waals surface area (Å²) in [7, 11) is 0.